The van der Waals surface area contributed by atoms with Crippen molar-refractivity contribution in [3.8, 4) is 0 Å². The highest BCUT2D eigenvalue weighted by Crippen LogP contribution is 2.20. The molecule has 1 aromatic heterocycles. The smallest absolute Gasteiger partial charge is 0.317 e. The lowest BCUT2D eigenvalue weighted by Gasteiger charge is -2.37. The molecule has 0 radical (unpaired) electrons. The predicted molar refractivity (Wildman–Crippen MR) is 68.2 cm³/mol. The third kappa shape index (κ3) is 1.88. The van der Waals surface area contributed by atoms with Gasteiger partial charge in [-0.05, 0) is 12.1 Å². The SMILES string of the molecule is NCc1ccc(N2CCN3C(=O)NCC3C2)cn1. The second-order valence-electron chi connectivity index (χ2n) is 4.69. The summed E-state index contributed by atoms with van der Waals surface area (Å²) in [6.07, 6.45) is 1.86. The quantitative estimate of drug-likeness (QED) is 0.756. The van der Waals surface area contributed by atoms with Gasteiger partial charge in [0.05, 0.1) is 23.6 Å². The minimum atomic E-state index is 0.0660. The van der Waals surface area contributed by atoms with Gasteiger partial charge in [0.2, 0.25) is 0 Å². The first-order chi connectivity index (χ1) is 8.78. The number of anilines is 1. The van der Waals surface area contributed by atoms with Crippen LogP contribution in [0.4, 0.5) is 10.5 Å². The standard InChI is InChI=1S/C12H17N5O/c13-5-9-1-2-10(6-14-9)16-3-4-17-11(8-16)7-15-12(17)18/h1-2,6,11H,3-5,7-8,13H2,(H,15,18). The molecular formula is C12H17N5O. The van der Waals surface area contributed by atoms with Crippen molar-refractivity contribution < 1.29 is 4.79 Å². The lowest BCUT2D eigenvalue weighted by atomic mass is 10.2. The van der Waals surface area contributed by atoms with E-state index in [9.17, 15) is 4.79 Å². The van der Waals surface area contributed by atoms with Gasteiger partial charge in [-0.3, -0.25) is 4.98 Å². The highest BCUT2D eigenvalue weighted by Gasteiger charge is 2.35. The number of rotatable bonds is 2. The van der Waals surface area contributed by atoms with E-state index >= 15 is 0 Å². The van der Waals surface area contributed by atoms with E-state index in [1.807, 2.05) is 17.2 Å². The first kappa shape index (κ1) is 11.3. The molecule has 3 heterocycles. The second-order valence-corrected chi connectivity index (χ2v) is 4.69. The predicted octanol–water partition coefficient (Wildman–Crippen LogP) is -0.246. The molecule has 1 atom stereocenters. The number of carbonyl (C=O) groups is 1. The lowest BCUT2D eigenvalue weighted by molar-refractivity contribution is 0.197. The number of pyridine rings is 1. The van der Waals surface area contributed by atoms with Crippen molar-refractivity contribution in [3.05, 3.63) is 24.0 Å². The first-order valence-electron chi connectivity index (χ1n) is 6.22. The lowest BCUT2D eigenvalue weighted by Crippen LogP contribution is -2.52. The minimum absolute atomic E-state index is 0.0660. The number of hydrogen-bond acceptors (Lipinski definition) is 4. The summed E-state index contributed by atoms with van der Waals surface area (Å²) >= 11 is 0. The molecule has 0 aromatic carbocycles. The van der Waals surface area contributed by atoms with Crippen molar-refractivity contribution >= 4 is 11.7 Å². The molecule has 2 fully saturated rings. The van der Waals surface area contributed by atoms with E-state index in [0.29, 0.717) is 6.54 Å². The molecule has 2 aliphatic rings. The fourth-order valence-corrected chi connectivity index (χ4v) is 2.56. The molecule has 2 aliphatic heterocycles. The van der Waals surface area contributed by atoms with Crippen LogP contribution in [-0.4, -0.2) is 48.1 Å². The third-order valence-electron chi connectivity index (χ3n) is 3.62. The number of fused-ring (bicyclic) bond motifs is 1. The Kier molecular flexibility index (Phi) is 2.79. The molecule has 0 spiro atoms. The molecule has 2 amide bonds. The largest absolute Gasteiger partial charge is 0.366 e. The molecule has 2 saturated heterocycles. The summed E-state index contributed by atoms with van der Waals surface area (Å²) in [6, 6.07) is 4.35. The van der Waals surface area contributed by atoms with Gasteiger partial charge in [-0.2, -0.15) is 0 Å². The highest BCUT2D eigenvalue weighted by atomic mass is 16.2. The Morgan fingerprint density at radius 2 is 2.33 bits per heavy atom. The first-order valence-corrected chi connectivity index (χ1v) is 6.22. The highest BCUT2D eigenvalue weighted by molar-refractivity contribution is 5.77. The summed E-state index contributed by atoms with van der Waals surface area (Å²) in [5, 5.41) is 2.88. The van der Waals surface area contributed by atoms with Gasteiger partial charge in [-0.25, -0.2) is 4.79 Å². The maximum Gasteiger partial charge on any atom is 0.317 e. The van der Waals surface area contributed by atoms with Gasteiger partial charge in [-0.15, -0.1) is 0 Å². The fourth-order valence-electron chi connectivity index (χ4n) is 2.56. The Bertz CT molecular complexity index is 446. The van der Waals surface area contributed by atoms with E-state index in [1.54, 1.807) is 0 Å². The summed E-state index contributed by atoms with van der Waals surface area (Å²) in [5.41, 5.74) is 7.54. The number of piperazine rings is 1. The van der Waals surface area contributed by atoms with Crippen molar-refractivity contribution in [1.29, 1.82) is 0 Å². The fraction of sp³-hybridized carbons (Fsp3) is 0.500. The number of nitrogens with one attached hydrogen (secondary N) is 1. The molecule has 96 valence electrons. The molecule has 1 unspecified atom stereocenters. The average molecular weight is 247 g/mol. The van der Waals surface area contributed by atoms with E-state index in [2.05, 4.69) is 21.3 Å². The Hall–Kier alpha value is -1.82. The van der Waals surface area contributed by atoms with Gasteiger partial charge in [0.1, 0.15) is 0 Å². The summed E-state index contributed by atoms with van der Waals surface area (Å²) in [6.45, 7) is 3.70. The van der Waals surface area contributed by atoms with Gasteiger partial charge < -0.3 is 20.9 Å². The van der Waals surface area contributed by atoms with Crippen LogP contribution in [0.25, 0.3) is 0 Å². The Labute approximate surface area is 106 Å². The molecule has 3 N–H and O–H groups in total. The molecule has 0 saturated carbocycles. The van der Waals surface area contributed by atoms with Gasteiger partial charge in [0.25, 0.3) is 0 Å². The maximum absolute atomic E-state index is 11.5. The van der Waals surface area contributed by atoms with Crippen LogP contribution in [0.2, 0.25) is 0 Å². The molecule has 0 aliphatic carbocycles. The van der Waals surface area contributed by atoms with Crippen molar-refractivity contribution in [2.45, 2.75) is 12.6 Å². The molecule has 3 rings (SSSR count). The van der Waals surface area contributed by atoms with E-state index in [-0.39, 0.29) is 12.1 Å². The van der Waals surface area contributed by atoms with Gasteiger partial charge >= 0.3 is 6.03 Å². The number of nitrogens with zero attached hydrogens (tertiary/aromatic N) is 3. The summed E-state index contributed by atoms with van der Waals surface area (Å²) in [5.74, 6) is 0. The zero-order chi connectivity index (χ0) is 12.5. The van der Waals surface area contributed by atoms with Crippen LogP contribution >= 0.6 is 0 Å². The van der Waals surface area contributed by atoms with Crippen molar-refractivity contribution in [2.24, 2.45) is 5.73 Å². The van der Waals surface area contributed by atoms with Crippen molar-refractivity contribution in [3.63, 3.8) is 0 Å². The van der Waals surface area contributed by atoms with Crippen LogP contribution in [-0.2, 0) is 6.54 Å². The number of carbonyl (C=O) groups excluding carboxylic acids is 1. The Morgan fingerprint density at radius 3 is 3.06 bits per heavy atom. The van der Waals surface area contributed by atoms with E-state index in [4.69, 9.17) is 5.73 Å². The van der Waals surface area contributed by atoms with Crippen LogP contribution in [0.5, 0.6) is 0 Å². The van der Waals surface area contributed by atoms with Gasteiger partial charge in [0, 0.05) is 32.7 Å². The van der Waals surface area contributed by atoms with Gasteiger partial charge in [0.15, 0.2) is 0 Å². The number of amides is 2. The van der Waals surface area contributed by atoms with Crippen molar-refractivity contribution in [1.82, 2.24) is 15.2 Å². The molecule has 6 heteroatoms. The summed E-state index contributed by atoms with van der Waals surface area (Å²) in [4.78, 5) is 20.0. The normalized spacial score (nSPS) is 22.9. The second kappa shape index (κ2) is 4.45. The molecule has 1 aromatic rings. The van der Waals surface area contributed by atoms with Crippen LogP contribution in [0, 0.1) is 0 Å². The summed E-state index contributed by atoms with van der Waals surface area (Å²) in [7, 11) is 0. The Balaban J connectivity index is 1.72. The number of nitrogens with two attached hydrogens (primary N) is 1. The third-order valence-corrected chi connectivity index (χ3v) is 3.62. The molecule has 18 heavy (non-hydrogen) atoms. The monoisotopic (exact) mass is 247 g/mol. The number of hydrogen-bond donors (Lipinski definition) is 2. The zero-order valence-corrected chi connectivity index (χ0v) is 10.2. The van der Waals surface area contributed by atoms with Crippen LogP contribution in [0.3, 0.4) is 0 Å². The van der Waals surface area contributed by atoms with Crippen LogP contribution < -0.4 is 16.0 Å². The van der Waals surface area contributed by atoms with E-state index in [1.165, 1.54) is 0 Å². The van der Waals surface area contributed by atoms with E-state index in [0.717, 1.165) is 37.6 Å². The van der Waals surface area contributed by atoms with Crippen molar-refractivity contribution in [2.75, 3.05) is 31.1 Å². The average Bonchev–Trinajstić information content (AvgIpc) is 2.80. The number of urea groups is 1. The summed E-state index contributed by atoms with van der Waals surface area (Å²) < 4.78 is 0. The number of aromatic nitrogens is 1. The topological polar surface area (TPSA) is 74.5 Å². The van der Waals surface area contributed by atoms with Crippen LogP contribution in [0.1, 0.15) is 5.69 Å². The van der Waals surface area contributed by atoms with Gasteiger partial charge in [-0.1, -0.05) is 0 Å². The molecule has 0 bridgehead atoms. The molecular weight excluding hydrogens is 230 g/mol. The molecule has 6 nitrogen and oxygen atoms in total. The maximum atomic E-state index is 11.5. The van der Waals surface area contributed by atoms with E-state index < -0.39 is 0 Å². The van der Waals surface area contributed by atoms with Crippen LogP contribution in [0.15, 0.2) is 18.3 Å². The zero-order valence-electron chi connectivity index (χ0n) is 10.2. The Morgan fingerprint density at radius 1 is 1.44 bits per heavy atom. The minimum Gasteiger partial charge on any atom is -0.366 e.